The highest BCUT2D eigenvalue weighted by molar-refractivity contribution is 7.17. The van der Waals surface area contributed by atoms with Crippen molar-refractivity contribution in [3.8, 4) is 0 Å². The summed E-state index contributed by atoms with van der Waals surface area (Å²) < 4.78 is 14.3. The van der Waals surface area contributed by atoms with E-state index in [-0.39, 0.29) is 11.9 Å². The van der Waals surface area contributed by atoms with Crippen LogP contribution < -0.4 is 5.32 Å². The Kier molecular flexibility index (Phi) is 3.83. The Morgan fingerprint density at radius 2 is 2.00 bits per heavy atom. The maximum atomic E-state index is 13.2. The molecule has 0 amide bonds. The van der Waals surface area contributed by atoms with Crippen LogP contribution >= 0.6 is 11.3 Å². The molecule has 1 N–H and O–H groups in total. The van der Waals surface area contributed by atoms with E-state index in [4.69, 9.17) is 4.98 Å². The van der Waals surface area contributed by atoms with Crippen LogP contribution in [0.25, 0.3) is 10.2 Å². The largest absolute Gasteiger partial charge is 0.307 e. The zero-order valence-electron chi connectivity index (χ0n) is 12.9. The molecule has 3 atom stereocenters. The molecule has 5 heteroatoms. The van der Waals surface area contributed by atoms with Crippen molar-refractivity contribution in [2.75, 3.05) is 0 Å². The second-order valence-corrected chi connectivity index (χ2v) is 7.19. The SMILES string of the molecule is CC1CC(c2ncc3sccc3n2)CC(c2ccc(F)cc2)N1. The van der Waals surface area contributed by atoms with Gasteiger partial charge in [-0.3, -0.25) is 0 Å². The van der Waals surface area contributed by atoms with Crippen LogP contribution in [0, 0.1) is 5.82 Å². The van der Waals surface area contributed by atoms with Crippen molar-refractivity contribution < 1.29 is 4.39 Å². The Morgan fingerprint density at radius 1 is 1.17 bits per heavy atom. The topological polar surface area (TPSA) is 37.8 Å². The van der Waals surface area contributed by atoms with Crippen LogP contribution in [0.2, 0.25) is 0 Å². The molecule has 4 rings (SSSR count). The highest BCUT2D eigenvalue weighted by Crippen LogP contribution is 2.35. The molecule has 3 aromatic rings. The Bertz CT molecular complexity index is 815. The third-order valence-corrected chi connectivity index (χ3v) is 5.34. The summed E-state index contributed by atoms with van der Waals surface area (Å²) in [5.41, 5.74) is 2.16. The number of aromatic nitrogens is 2. The van der Waals surface area contributed by atoms with E-state index in [2.05, 4.69) is 22.6 Å². The van der Waals surface area contributed by atoms with E-state index in [1.54, 1.807) is 11.3 Å². The first-order chi connectivity index (χ1) is 11.2. The molecule has 0 bridgehead atoms. The van der Waals surface area contributed by atoms with Gasteiger partial charge in [0, 0.05) is 24.2 Å². The van der Waals surface area contributed by atoms with E-state index < -0.39 is 0 Å². The van der Waals surface area contributed by atoms with Crippen LogP contribution in [0.5, 0.6) is 0 Å². The fourth-order valence-electron chi connectivity index (χ4n) is 3.40. The lowest BCUT2D eigenvalue weighted by Gasteiger charge is -2.34. The number of hydrogen-bond acceptors (Lipinski definition) is 4. The monoisotopic (exact) mass is 327 g/mol. The third-order valence-electron chi connectivity index (χ3n) is 4.50. The normalized spacial score (nSPS) is 24.9. The molecular formula is C18H18FN3S. The summed E-state index contributed by atoms with van der Waals surface area (Å²) in [6.45, 7) is 2.19. The van der Waals surface area contributed by atoms with E-state index in [0.29, 0.717) is 12.0 Å². The maximum absolute atomic E-state index is 13.2. The molecule has 3 nitrogen and oxygen atoms in total. The standard InChI is InChI=1S/C18H18FN3S/c1-11-8-13(18-20-10-17-15(22-18)6-7-23-17)9-16(21-11)12-2-4-14(19)5-3-12/h2-7,10-11,13,16,21H,8-9H2,1H3. The minimum Gasteiger partial charge on any atom is -0.307 e. The lowest BCUT2D eigenvalue weighted by atomic mass is 9.85. The number of fused-ring (bicyclic) bond motifs is 1. The maximum Gasteiger partial charge on any atom is 0.132 e. The predicted octanol–water partition coefficient (Wildman–Crippen LogP) is 4.43. The lowest BCUT2D eigenvalue weighted by Crippen LogP contribution is -2.38. The molecule has 2 aromatic heterocycles. The van der Waals surface area contributed by atoms with Gasteiger partial charge in [0.25, 0.3) is 0 Å². The number of rotatable bonds is 2. The first-order valence-electron chi connectivity index (χ1n) is 7.90. The van der Waals surface area contributed by atoms with Gasteiger partial charge in [0.2, 0.25) is 0 Å². The highest BCUT2D eigenvalue weighted by atomic mass is 32.1. The number of benzene rings is 1. The van der Waals surface area contributed by atoms with E-state index >= 15 is 0 Å². The Hall–Kier alpha value is -1.85. The summed E-state index contributed by atoms with van der Waals surface area (Å²) in [7, 11) is 0. The molecule has 1 aliphatic heterocycles. The van der Waals surface area contributed by atoms with Crippen molar-refractivity contribution in [2.45, 2.75) is 37.8 Å². The molecule has 3 heterocycles. The molecule has 0 saturated carbocycles. The fraction of sp³-hybridized carbons (Fsp3) is 0.333. The van der Waals surface area contributed by atoms with Gasteiger partial charge in [0.15, 0.2) is 0 Å². The summed E-state index contributed by atoms with van der Waals surface area (Å²) in [6, 6.07) is 9.43. The molecule has 3 unspecified atom stereocenters. The number of thiophene rings is 1. The molecule has 0 aliphatic carbocycles. The van der Waals surface area contributed by atoms with Gasteiger partial charge in [0.05, 0.1) is 10.2 Å². The smallest absolute Gasteiger partial charge is 0.132 e. The second-order valence-electron chi connectivity index (χ2n) is 6.24. The number of nitrogens with one attached hydrogen (secondary N) is 1. The van der Waals surface area contributed by atoms with Crippen LogP contribution in [0.1, 0.15) is 43.1 Å². The second kappa shape index (κ2) is 5.98. The van der Waals surface area contributed by atoms with Crippen molar-refractivity contribution in [3.63, 3.8) is 0 Å². The molecule has 1 saturated heterocycles. The molecule has 23 heavy (non-hydrogen) atoms. The minimum absolute atomic E-state index is 0.194. The van der Waals surface area contributed by atoms with Gasteiger partial charge < -0.3 is 5.32 Å². The first kappa shape index (κ1) is 14.7. The lowest BCUT2D eigenvalue weighted by molar-refractivity contribution is 0.300. The Balaban J connectivity index is 1.62. The average molecular weight is 327 g/mol. The number of halogens is 1. The van der Waals surface area contributed by atoms with Gasteiger partial charge in [-0.15, -0.1) is 11.3 Å². The van der Waals surface area contributed by atoms with Crippen LogP contribution in [-0.4, -0.2) is 16.0 Å². The molecule has 0 radical (unpaired) electrons. The summed E-state index contributed by atoms with van der Waals surface area (Å²) in [5.74, 6) is 1.06. The van der Waals surface area contributed by atoms with Crippen molar-refractivity contribution in [1.82, 2.24) is 15.3 Å². The highest BCUT2D eigenvalue weighted by Gasteiger charge is 2.29. The number of hydrogen-bond donors (Lipinski definition) is 1. The third kappa shape index (κ3) is 2.99. The molecule has 0 spiro atoms. The quantitative estimate of drug-likeness (QED) is 0.757. The zero-order valence-corrected chi connectivity index (χ0v) is 13.7. The van der Waals surface area contributed by atoms with E-state index in [1.807, 2.05) is 24.4 Å². The fourth-order valence-corrected chi connectivity index (χ4v) is 4.09. The van der Waals surface area contributed by atoms with Gasteiger partial charge in [-0.2, -0.15) is 0 Å². The predicted molar refractivity (Wildman–Crippen MR) is 91.1 cm³/mol. The van der Waals surface area contributed by atoms with Crippen molar-refractivity contribution >= 4 is 21.6 Å². The average Bonchev–Trinajstić information content (AvgIpc) is 3.02. The van der Waals surface area contributed by atoms with Gasteiger partial charge in [-0.25, -0.2) is 14.4 Å². The van der Waals surface area contributed by atoms with Crippen molar-refractivity contribution in [2.24, 2.45) is 0 Å². The van der Waals surface area contributed by atoms with Gasteiger partial charge >= 0.3 is 0 Å². The van der Waals surface area contributed by atoms with Crippen molar-refractivity contribution in [3.05, 3.63) is 59.1 Å². The van der Waals surface area contributed by atoms with Crippen LogP contribution in [0.15, 0.2) is 41.9 Å². The van der Waals surface area contributed by atoms with Crippen LogP contribution in [0.3, 0.4) is 0 Å². The number of piperidine rings is 1. The Morgan fingerprint density at radius 3 is 2.83 bits per heavy atom. The van der Waals surface area contributed by atoms with Gasteiger partial charge in [0.1, 0.15) is 11.6 Å². The van der Waals surface area contributed by atoms with E-state index in [9.17, 15) is 4.39 Å². The van der Waals surface area contributed by atoms with Gasteiger partial charge in [-0.05, 0) is 48.9 Å². The zero-order chi connectivity index (χ0) is 15.8. The summed E-state index contributed by atoms with van der Waals surface area (Å²) in [4.78, 5) is 9.34. The van der Waals surface area contributed by atoms with E-state index in [0.717, 1.165) is 34.4 Å². The summed E-state index contributed by atoms with van der Waals surface area (Å²) >= 11 is 1.67. The number of nitrogens with zero attached hydrogens (tertiary/aromatic N) is 2. The van der Waals surface area contributed by atoms with Crippen molar-refractivity contribution in [1.29, 1.82) is 0 Å². The molecule has 118 valence electrons. The molecule has 1 aliphatic rings. The summed E-state index contributed by atoms with van der Waals surface area (Å²) in [6.07, 6.45) is 3.89. The van der Waals surface area contributed by atoms with Crippen LogP contribution in [-0.2, 0) is 0 Å². The van der Waals surface area contributed by atoms with Gasteiger partial charge in [-0.1, -0.05) is 12.1 Å². The Labute approximate surface area is 138 Å². The molecule has 1 aromatic carbocycles. The van der Waals surface area contributed by atoms with Crippen LogP contribution in [0.4, 0.5) is 4.39 Å². The first-order valence-corrected chi connectivity index (χ1v) is 8.78. The minimum atomic E-state index is -0.194. The summed E-state index contributed by atoms with van der Waals surface area (Å²) in [5, 5.41) is 5.66. The van der Waals surface area contributed by atoms with E-state index in [1.165, 1.54) is 12.1 Å². The molecule has 1 fully saturated rings. The molecular weight excluding hydrogens is 309 g/mol.